The van der Waals surface area contributed by atoms with Gasteiger partial charge >= 0.3 is 0 Å². The van der Waals surface area contributed by atoms with Crippen molar-refractivity contribution in [1.82, 2.24) is 0 Å². The molecule has 3 heteroatoms. The number of hydrogen-bond acceptors (Lipinski definition) is 2. The predicted octanol–water partition coefficient (Wildman–Crippen LogP) is 3.41. The molecule has 3 atom stereocenters. The minimum absolute atomic E-state index is 0.301. The molecule has 3 nitrogen and oxygen atoms in total. The van der Waals surface area contributed by atoms with Crippen molar-refractivity contribution in [1.29, 1.82) is 0 Å². The van der Waals surface area contributed by atoms with E-state index in [1.807, 2.05) is 18.2 Å². The molecule has 1 aromatic rings. The van der Waals surface area contributed by atoms with Gasteiger partial charge in [-0.25, -0.2) is 0 Å². The highest BCUT2D eigenvalue weighted by molar-refractivity contribution is 5.93. The van der Waals surface area contributed by atoms with E-state index < -0.39 is 0 Å². The third-order valence-corrected chi connectivity index (χ3v) is 5.73. The molecule has 20 heavy (non-hydrogen) atoms. The summed E-state index contributed by atoms with van der Waals surface area (Å²) in [5.41, 5.74) is 7.62. The SMILES string of the molecule is CC1(C)C(Nc2cccc(C(N)=O)c2)[C@]2(C)CC[C@H]1C2. The third kappa shape index (κ3) is 1.91. The Morgan fingerprint density at radius 3 is 2.70 bits per heavy atom. The minimum Gasteiger partial charge on any atom is -0.381 e. The van der Waals surface area contributed by atoms with Crippen LogP contribution in [0.2, 0.25) is 0 Å². The maximum Gasteiger partial charge on any atom is 0.248 e. The molecule has 0 aromatic heterocycles. The highest BCUT2D eigenvalue weighted by Crippen LogP contribution is 2.63. The molecule has 3 N–H and O–H groups in total. The van der Waals surface area contributed by atoms with Gasteiger partial charge < -0.3 is 11.1 Å². The average Bonchev–Trinajstić information content (AvgIpc) is 2.86. The molecule has 1 unspecified atom stereocenters. The molecule has 2 aliphatic rings. The van der Waals surface area contributed by atoms with E-state index in [0.717, 1.165) is 11.6 Å². The standard InChI is InChI=1S/C17H24N2O/c1-16(2)12-7-8-17(3,10-12)15(16)19-13-6-4-5-11(9-13)14(18)20/h4-6,9,12,15,19H,7-8,10H2,1-3H3,(H2,18,20)/t12-,15?,17+/m0/s1. The predicted molar refractivity (Wildman–Crippen MR) is 81.6 cm³/mol. The lowest BCUT2D eigenvalue weighted by Gasteiger charge is -2.43. The molecule has 0 heterocycles. The zero-order valence-electron chi connectivity index (χ0n) is 12.6. The van der Waals surface area contributed by atoms with Crippen LogP contribution in [0.4, 0.5) is 5.69 Å². The summed E-state index contributed by atoms with van der Waals surface area (Å²) in [6.45, 7) is 7.15. The number of anilines is 1. The average molecular weight is 272 g/mol. The normalized spacial score (nSPS) is 34.1. The molecule has 1 aromatic carbocycles. The van der Waals surface area contributed by atoms with Gasteiger partial charge in [0.1, 0.15) is 0 Å². The Bertz CT molecular complexity index is 547. The number of hydrogen-bond donors (Lipinski definition) is 2. The molecule has 2 aliphatic carbocycles. The monoisotopic (exact) mass is 272 g/mol. The summed E-state index contributed by atoms with van der Waals surface area (Å²) in [7, 11) is 0. The first kappa shape index (κ1) is 13.5. The van der Waals surface area contributed by atoms with E-state index >= 15 is 0 Å². The van der Waals surface area contributed by atoms with E-state index in [1.54, 1.807) is 6.07 Å². The number of carbonyl (C=O) groups excluding carboxylic acids is 1. The van der Waals surface area contributed by atoms with Gasteiger partial charge in [0.15, 0.2) is 0 Å². The fraction of sp³-hybridized carbons (Fsp3) is 0.588. The molecule has 2 fully saturated rings. The van der Waals surface area contributed by atoms with E-state index in [9.17, 15) is 4.79 Å². The summed E-state index contributed by atoms with van der Waals surface area (Å²) < 4.78 is 0. The lowest BCUT2D eigenvalue weighted by atomic mass is 9.68. The summed E-state index contributed by atoms with van der Waals surface area (Å²) in [5, 5.41) is 3.69. The Morgan fingerprint density at radius 2 is 2.10 bits per heavy atom. The van der Waals surface area contributed by atoms with Crippen molar-refractivity contribution >= 4 is 11.6 Å². The van der Waals surface area contributed by atoms with Crippen molar-refractivity contribution in [2.45, 2.75) is 46.1 Å². The van der Waals surface area contributed by atoms with Gasteiger partial charge in [0.25, 0.3) is 0 Å². The van der Waals surface area contributed by atoms with Crippen molar-refractivity contribution in [3.05, 3.63) is 29.8 Å². The van der Waals surface area contributed by atoms with Gasteiger partial charge in [0.05, 0.1) is 0 Å². The molecule has 108 valence electrons. The van der Waals surface area contributed by atoms with E-state index in [1.165, 1.54) is 19.3 Å². The summed E-state index contributed by atoms with van der Waals surface area (Å²) in [5.74, 6) is 0.441. The number of nitrogens with one attached hydrogen (secondary N) is 1. The van der Waals surface area contributed by atoms with E-state index in [0.29, 0.717) is 22.4 Å². The van der Waals surface area contributed by atoms with Crippen molar-refractivity contribution in [2.75, 3.05) is 5.32 Å². The molecule has 0 aliphatic heterocycles. The van der Waals surface area contributed by atoms with E-state index in [-0.39, 0.29) is 5.91 Å². The molecule has 2 saturated carbocycles. The van der Waals surface area contributed by atoms with Crippen LogP contribution in [0.3, 0.4) is 0 Å². The second kappa shape index (κ2) is 4.24. The van der Waals surface area contributed by atoms with Gasteiger partial charge in [-0.2, -0.15) is 0 Å². The second-order valence-electron chi connectivity index (χ2n) is 7.44. The van der Waals surface area contributed by atoms with Crippen LogP contribution in [0.25, 0.3) is 0 Å². The first-order valence-corrected chi connectivity index (χ1v) is 7.49. The molecule has 0 radical (unpaired) electrons. The van der Waals surface area contributed by atoms with Crippen LogP contribution in [0.1, 0.15) is 50.4 Å². The van der Waals surface area contributed by atoms with Crippen LogP contribution in [0.5, 0.6) is 0 Å². The Balaban J connectivity index is 1.87. The lowest BCUT2D eigenvalue weighted by molar-refractivity contribution is 0.100. The van der Waals surface area contributed by atoms with Crippen LogP contribution in [0, 0.1) is 16.7 Å². The number of benzene rings is 1. The summed E-state index contributed by atoms with van der Waals surface area (Å²) >= 11 is 0. The molecule has 3 rings (SSSR count). The molecule has 2 bridgehead atoms. The topological polar surface area (TPSA) is 55.1 Å². The molecular weight excluding hydrogens is 248 g/mol. The maximum absolute atomic E-state index is 11.3. The number of carbonyl (C=O) groups is 1. The largest absolute Gasteiger partial charge is 0.381 e. The first-order chi connectivity index (χ1) is 9.33. The van der Waals surface area contributed by atoms with Gasteiger partial charge in [-0.05, 0) is 54.2 Å². The highest BCUT2D eigenvalue weighted by Gasteiger charge is 2.59. The van der Waals surface area contributed by atoms with Crippen molar-refractivity contribution in [2.24, 2.45) is 22.5 Å². The number of amides is 1. The zero-order valence-corrected chi connectivity index (χ0v) is 12.6. The van der Waals surface area contributed by atoms with Crippen molar-refractivity contribution in [3.63, 3.8) is 0 Å². The Kier molecular flexibility index (Phi) is 2.86. The van der Waals surface area contributed by atoms with Gasteiger partial charge in [-0.1, -0.05) is 26.8 Å². The molecular formula is C17H24N2O. The van der Waals surface area contributed by atoms with Crippen LogP contribution < -0.4 is 11.1 Å². The molecule has 0 saturated heterocycles. The quantitative estimate of drug-likeness (QED) is 0.886. The number of rotatable bonds is 3. The van der Waals surface area contributed by atoms with Crippen LogP contribution in [-0.2, 0) is 0 Å². The second-order valence-corrected chi connectivity index (χ2v) is 7.44. The van der Waals surface area contributed by atoms with Gasteiger partial charge in [-0.15, -0.1) is 0 Å². The van der Waals surface area contributed by atoms with Gasteiger partial charge in [0, 0.05) is 17.3 Å². The molecule has 1 amide bonds. The lowest BCUT2D eigenvalue weighted by Crippen LogP contribution is -2.45. The number of nitrogens with two attached hydrogens (primary N) is 1. The zero-order chi connectivity index (χ0) is 14.5. The smallest absolute Gasteiger partial charge is 0.248 e. The fourth-order valence-electron chi connectivity index (χ4n) is 4.59. The highest BCUT2D eigenvalue weighted by atomic mass is 16.1. The Morgan fingerprint density at radius 1 is 1.35 bits per heavy atom. The van der Waals surface area contributed by atoms with E-state index in [2.05, 4.69) is 26.1 Å². The number of primary amides is 1. The van der Waals surface area contributed by atoms with Crippen molar-refractivity contribution < 1.29 is 4.79 Å². The Labute approximate surface area is 120 Å². The summed E-state index contributed by atoms with van der Waals surface area (Å²) in [6, 6.07) is 8.01. The first-order valence-electron chi connectivity index (χ1n) is 7.49. The van der Waals surface area contributed by atoms with Crippen LogP contribution in [-0.4, -0.2) is 11.9 Å². The van der Waals surface area contributed by atoms with Crippen LogP contribution in [0.15, 0.2) is 24.3 Å². The maximum atomic E-state index is 11.3. The Hall–Kier alpha value is -1.51. The third-order valence-electron chi connectivity index (χ3n) is 5.73. The van der Waals surface area contributed by atoms with Crippen molar-refractivity contribution in [3.8, 4) is 0 Å². The van der Waals surface area contributed by atoms with E-state index in [4.69, 9.17) is 5.73 Å². The van der Waals surface area contributed by atoms with Gasteiger partial charge in [0.2, 0.25) is 5.91 Å². The fourth-order valence-corrected chi connectivity index (χ4v) is 4.59. The molecule has 0 spiro atoms. The number of fused-ring (bicyclic) bond motifs is 2. The minimum atomic E-state index is -0.368. The van der Waals surface area contributed by atoms with Crippen LogP contribution >= 0.6 is 0 Å². The van der Waals surface area contributed by atoms with Gasteiger partial charge in [-0.3, -0.25) is 4.79 Å². The summed E-state index contributed by atoms with van der Waals surface area (Å²) in [4.78, 5) is 11.3. The summed E-state index contributed by atoms with van der Waals surface area (Å²) in [6.07, 6.45) is 3.96.